The minimum absolute atomic E-state index is 0.271. The molecule has 1 aliphatic rings. The molecule has 1 aromatic rings. The summed E-state index contributed by atoms with van der Waals surface area (Å²) in [6.45, 7) is 6.81. The highest BCUT2D eigenvalue weighted by Crippen LogP contribution is 2.18. The van der Waals surface area contributed by atoms with Crippen LogP contribution in [0.5, 0.6) is 0 Å². The molecule has 0 spiro atoms. The van der Waals surface area contributed by atoms with Crippen molar-refractivity contribution in [2.45, 2.75) is 26.4 Å². The molecule has 1 aliphatic heterocycles. The van der Waals surface area contributed by atoms with Crippen LogP contribution < -0.4 is 0 Å². The summed E-state index contributed by atoms with van der Waals surface area (Å²) in [4.78, 5) is 10.1. The van der Waals surface area contributed by atoms with Gasteiger partial charge in [0.2, 0.25) is 0 Å². The van der Waals surface area contributed by atoms with Crippen LogP contribution in [-0.2, 0) is 4.84 Å². The van der Waals surface area contributed by atoms with E-state index in [-0.39, 0.29) is 5.60 Å². The number of oxime groups is 1. The van der Waals surface area contributed by atoms with Gasteiger partial charge in [0.15, 0.2) is 5.04 Å². The largest absolute Gasteiger partial charge is 0.389 e. The molecule has 0 atom stereocenters. The number of aliphatic imine (C=N–C) groups is 1. The normalized spacial score (nSPS) is 18.6. The molecule has 1 aromatic carbocycles. The van der Waals surface area contributed by atoms with Crippen LogP contribution in [0, 0.1) is 0 Å². The number of nitrogens with zero attached hydrogens (tertiary/aromatic N) is 2. The van der Waals surface area contributed by atoms with Gasteiger partial charge in [-0.05, 0) is 20.8 Å². The lowest BCUT2D eigenvalue weighted by Gasteiger charge is -2.19. The van der Waals surface area contributed by atoms with Crippen molar-refractivity contribution in [3.05, 3.63) is 35.9 Å². The van der Waals surface area contributed by atoms with Gasteiger partial charge < -0.3 is 4.84 Å². The molecule has 0 aliphatic carbocycles. The summed E-state index contributed by atoms with van der Waals surface area (Å²) < 4.78 is 0. The SMILES string of the molecule is CC(C)(C)O/N=C1/SCCN=C1c1ccccc1. The molecule has 3 nitrogen and oxygen atoms in total. The van der Waals surface area contributed by atoms with Gasteiger partial charge in [0.1, 0.15) is 11.3 Å². The van der Waals surface area contributed by atoms with Crippen molar-refractivity contribution in [1.82, 2.24) is 0 Å². The molecule has 0 amide bonds. The standard InChI is InChI=1S/C14H18N2OS/c1-14(2,3)17-16-13-12(15-9-10-18-13)11-7-5-4-6-8-11/h4-8H,9-10H2,1-3H3/b16-13+. The molecule has 0 saturated carbocycles. The van der Waals surface area contributed by atoms with Crippen LogP contribution in [0.2, 0.25) is 0 Å². The lowest BCUT2D eigenvalue weighted by Crippen LogP contribution is -2.22. The van der Waals surface area contributed by atoms with Gasteiger partial charge in [0.05, 0.1) is 0 Å². The van der Waals surface area contributed by atoms with E-state index in [1.807, 2.05) is 39.0 Å². The van der Waals surface area contributed by atoms with Crippen molar-refractivity contribution in [3.63, 3.8) is 0 Å². The summed E-state index contributed by atoms with van der Waals surface area (Å²) in [5.41, 5.74) is 1.77. The topological polar surface area (TPSA) is 34.0 Å². The van der Waals surface area contributed by atoms with Crippen molar-refractivity contribution in [3.8, 4) is 0 Å². The minimum Gasteiger partial charge on any atom is -0.389 e. The Labute approximate surface area is 112 Å². The zero-order valence-electron chi connectivity index (χ0n) is 11.0. The van der Waals surface area contributed by atoms with Crippen molar-refractivity contribution in [2.24, 2.45) is 10.1 Å². The Morgan fingerprint density at radius 1 is 1.22 bits per heavy atom. The number of hydrogen-bond donors (Lipinski definition) is 0. The van der Waals surface area contributed by atoms with Gasteiger partial charge in [-0.3, -0.25) is 4.99 Å². The predicted molar refractivity (Wildman–Crippen MR) is 78.6 cm³/mol. The van der Waals surface area contributed by atoms with E-state index in [9.17, 15) is 0 Å². The second-order valence-electron chi connectivity index (χ2n) is 5.04. The van der Waals surface area contributed by atoms with Gasteiger partial charge in [0, 0.05) is 17.9 Å². The van der Waals surface area contributed by atoms with E-state index in [4.69, 9.17) is 4.84 Å². The third-order valence-corrected chi connectivity index (χ3v) is 3.18. The Morgan fingerprint density at radius 3 is 2.61 bits per heavy atom. The molecule has 0 unspecified atom stereocenters. The van der Waals surface area contributed by atoms with Crippen LogP contribution in [0.25, 0.3) is 0 Å². The molecule has 0 N–H and O–H groups in total. The van der Waals surface area contributed by atoms with Crippen LogP contribution in [0.3, 0.4) is 0 Å². The van der Waals surface area contributed by atoms with Crippen molar-refractivity contribution < 1.29 is 4.84 Å². The van der Waals surface area contributed by atoms with Crippen LogP contribution in [0.1, 0.15) is 26.3 Å². The molecule has 1 heterocycles. The molecule has 18 heavy (non-hydrogen) atoms. The van der Waals surface area contributed by atoms with Gasteiger partial charge in [0.25, 0.3) is 0 Å². The Balaban J connectivity index is 2.24. The van der Waals surface area contributed by atoms with Crippen LogP contribution in [0.4, 0.5) is 0 Å². The van der Waals surface area contributed by atoms with E-state index in [1.54, 1.807) is 11.8 Å². The first-order valence-electron chi connectivity index (χ1n) is 6.05. The molecule has 0 radical (unpaired) electrons. The van der Waals surface area contributed by atoms with E-state index >= 15 is 0 Å². The fraction of sp³-hybridized carbons (Fsp3) is 0.429. The molecule has 0 saturated heterocycles. The van der Waals surface area contributed by atoms with Crippen LogP contribution in [-0.4, -0.2) is 28.7 Å². The highest BCUT2D eigenvalue weighted by Gasteiger charge is 2.19. The molecular weight excluding hydrogens is 244 g/mol. The summed E-state index contributed by atoms with van der Waals surface area (Å²) in [6.07, 6.45) is 0. The number of benzene rings is 1. The maximum absolute atomic E-state index is 5.51. The molecule has 4 heteroatoms. The minimum atomic E-state index is -0.271. The van der Waals surface area contributed by atoms with Crippen LogP contribution in [0.15, 0.2) is 40.5 Å². The lowest BCUT2D eigenvalue weighted by atomic mass is 10.1. The first-order valence-corrected chi connectivity index (χ1v) is 7.04. The van der Waals surface area contributed by atoms with Gasteiger partial charge in [-0.1, -0.05) is 47.2 Å². The highest BCUT2D eigenvalue weighted by molar-refractivity contribution is 8.15. The first-order chi connectivity index (χ1) is 8.56. The number of thioether (sulfide) groups is 1. The summed E-state index contributed by atoms with van der Waals surface area (Å²) in [6, 6.07) is 10.1. The van der Waals surface area contributed by atoms with Crippen molar-refractivity contribution >= 4 is 22.5 Å². The molecule has 2 rings (SSSR count). The summed E-state index contributed by atoms with van der Waals surface area (Å²) in [5, 5.41) is 5.14. The maximum atomic E-state index is 5.51. The average Bonchev–Trinajstić information content (AvgIpc) is 2.37. The zero-order chi connectivity index (χ0) is 13.0. The zero-order valence-corrected chi connectivity index (χ0v) is 11.8. The lowest BCUT2D eigenvalue weighted by molar-refractivity contribution is 0.00189. The molecule has 0 fully saturated rings. The average molecular weight is 262 g/mol. The summed E-state index contributed by atoms with van der Waals surface area (Å²) >= 11 is 1.70. The third-order valence-electron chi connectivity index (χ3n) is 2.25. The van der Waals surface area contributed by atoms with Crippen molar-refractivity contribution in [1.29, 1.82) is 0 Å². The summed E-state index contributed by atoms with van der Waals surface area (Å²) in [7, 11) is 0. The van der Waals surface area contributed by atoms with Gasteiger partial charge >= 0.3 is 0 Å². The Morgan fingerprint density at radius 2 is 1.94 bits per heavy atom. The van der Waals surface area contributed by atoms with Gasteiger partial charge in [-0.15, -0.1) is 0 Å². The van der Waals surface area contributed by atoms with Gasteiger partial charge in [-0.2, -0.15) is 0 Å². The first kappa shape index (κ1) is 13.1. The van der Waals surface area contributed by atoms with E-state index in [0.717, 1.165) is 28.6 Å². The highest BCUT2D eigenvalue weighted by atomic mass is 32.2. The predicted octanol–water partition coefficient (Wildman–Crippen LogP) is 3.35. The molecular formula is C14H18N2OS. The molecule has 0 aromatic heterocycles. The van der Waals surface area contributed by atoms with E-state index < -0.39 is 0 Å². The maximum Gasteiger partial charge on any atom is 0.161 e. The smallest absolute Gasteiger partial charge is 0.161 e. The monoisotopic (exact) mass is 262 g/mol. The second-order valence-corrected chi connectivity index (χ2v) is 6.13. The van der Waals surface area contributed by atoms with Crippen LogP contribution >= 0.6 is 11.8 Å². The quantitative estimate of drug-likeness (QED) is 0.766. The van der Waals surface area contributed by atoms with Gasteiger partial charge in [-0.25, -0.2) is 0 Å². The fourth-order valence-corrected chi connectivity index (χ4v) is 2.28. The Bertz CT molecular complexity index is 460. The van der Waals surface area contributed by atoms with E-state index in [1.165, 1.54) is 0 Å². The van der Waals surface area contributed by atoms with E-state index in [2.05, 4.69) is 22.3 Å². The fourth-order valence-electron chi connectivity index (χ4n) is 1.49. The molecule has 0 bridgehead atoms. The Hall–Kier alpha value is -1.29. The van der Waals surface area contributed by atoms with Crippen molar-refractivity contribution in [2.75, 3.05) is 12.3 Å². The summed E-state index contributed by atoms with van der Waals surface area (Å²) in [5.74, 6) is 0.961. The molecule has 96 valence electrons. The third kappa shape index (κ3) is 3.60. The number of hydrogen-bond acceptors (Lipinski definition) is 4. The van der Waals surface area contributed by atoms with E-state index in [0.29, 0.717) is 0 Å². The number of rotatable bonds is 2. The Kier molecular flexibility index (Phi) is 4.07. The second kappa shape index (κ2) is 5.57.